The second-order valence-corrected chi connectivity index (χ2v) is 14.5. The molecule has 2 N–H and O–H groups in total. The van der Waals surface area contributed by atoms with Crippen LogP contribution in [0.25, 0.3) is 0 Å². The van der Waals surface area contributed by atoms with E-state index in [0.717, 1.165) is 54.1 Å². The molecular formula is C22H21I6N2O4+. The molecule has 0 saturated carbocycles. The maximum absolute atomic E-state index is 13.1. The van der Waals surface area contributed by atoms with Crippen LogP contribution in [0.15, 0.2) is 24.3 Å². The summed E-state index contributed by atoms with van der Waals surface area (Å²) >= 11 is 13.2. The van der Waals surface area contributed by atoms with Crippen LogP contribution in [-0.2, 0) is 9.47 Å². The molecule has 0 aromatic heterocycles. The molecule has 1 saturated heterocycles. The van der Waals surface area contributed by atoms with Gasteiger partial charge in [0, 0.05) is 40.9 Å². The van der Waals surface area contributed by atoms with Gasteiger partial charge in [-0.15, -0.1) is 0 Å². The van der Waals surface area contributed by atoms with Crippen LogP contribution < -0.4 is 10.2 Å². The van der Waals surface area contributed by atoms with Gasteiger partial charge in [-0.25, -0.2) is 9.59 Å². The first kappa shape index (κ1) is 30.2. The number of carbonyl (C=O) groups is 2. The number of carbonyl (C=O) groups excluding carboxylic acids is 2. The second-order valence-electron chi connectivity index (χ2n) is 7.63. The van der Waals surface area contributed by atoms with Gasteiger partial charge in [0.1, 0.15) is 12.7 Å². The van der Waals surface area contributed by atoms with E-state index < -0.39 is 6.10 Å². The van der Waals surface area contributed by atoms with Crippen molar-refractivity contribution in [3.63, 3.8) is 0 Å². The maximum atomic E-state index is 13.1. The van der Waals surface area contributed by atoms with Gasteiger partial charge in [0.2, 0.25) is 0 Å². The molecule has 0 aliphatic carbocycles. The highest BCUT2D eigenvalue weighted by atomic mass is 127. The fourth-order valence-corrected chi connectivity index (χ4v) is 8.15. The Morgan fingerprint density at radius 2 is 1.59 bits per heavy atom. The predicted octanol–water partition coefficient (Wildman–Crippen LogP) is 4.57. The van der Waals surface area contributed by atoms with E-state index in [-0.39, 0.29) is 18.5 Å². The van der Waals surface area contributed by atoms with Crippen LogP contribution in [0.5, 0.6) is 0 Å². The van der Waals surface area contributed by atoms with E-state index in [4.69, 9.17) is 9.47 Å². The smallest absolute Gasteiger partial charge is 0.340 e. The van der Waals surface area contributed by atoms with Crippen LogP contribution in [0.4, 0.5) is 0 Å². The van der Waals surface area contributed by atoms with E-state index in [9.17, 15) is 9.59 Å². The van der Waals surface area contributed by atoms with Crippen LogP contribution >= 0.6 is 136 Å². The Morgan fingerprint density at radius 1 is 0.912 bits per heavy atom. The average molecular weight is 1140 g/mol. The van der Waals surface area contributed by atoms with Crippen LogP contribution in [-0.4, -0.2) is 57.4 Å². The van der Waals surface area contributed by atoms with E-state index >= 15 is 0 Å². The Morgan fingerprint density at radius 3 is 2.29 bits per heavy atom. The quantitative estimate of drug-likeness (QED) is 0.231. The van der Waals surface area contributed by atoms with Crippen molar-refractivity contribution in [2.45, 2.75) is 12.5 Å². The molecule has 0 radical (unpaired) electrons. The number of nitrogens with one attached hydrogen (secondary N) is 2. The number of piperazine rings is 1. The fraction of sp³-hybridized carbons (Fsp3) is 0.364. The van der Waals surface area contributed by atoms with E-state index in [1.165, 1.54) is 4.90 Å². The molecule has 1 heterocycles. The number of rotatable bonds is 8. The zero-order valence-corrected chi connectivity index (χ0v) is 30.7. The predicted molar refractivity (Wildman–Crippen MR) is 182 cm³/mol. The Balaban J connectivity index is 1.73. The summed E-state index contributed by atoms with van der Waals surface area (Å²) in [5.74, 6) is -0.767. The average Bonchev–Trinajstić information content (AvgIpc) is 2.81. The molecule has 12 heteroatoms. The lowest BCUT2D eigenvalue weighted by molar-refractivity contribution is -0.902. The molecule has 6 nitrogen and oxygen atoms in total. The van der Waals surface area contributed by atoms with Gasteiger partial charge in [0.05, 0.1) is 30.8 Å². The van der Waals surface area contributed by atoms with Gasteiger partial charge in [-0.3, -0.25) is 0 Å². The lowest BCUT2D eigenvalue weighted by Gasteiger charge is -2.26. The van der Waals surface area contributed by atoms with Crippen molar-refractivity contribution in [2.24, 2.45) is 0 Å². The first-order chi connectivity index (χ1) is 16.2. The third-order valence-electron chi connectivity index (χ3n) is 5.27. The summed E-state index contributed by atoms with van der Waals surface area (Å²) < 4.78 is 17.2. The van der Waals surface area contributed by atoms with Crippen LogP contribution in [0, 0.1) is 21.4 Å². The van der Waals surface area contributed by atoms with Crippen molar-refractivity contribution in [2.75, 3.05) is 39.3 Å². The molecular weight excluding hydrogens is 1120 g/mol. The number of hydrogen-bond acceptors (Lipinski definition) is 5. The zero-order chi connectivity index (χ0) is 24.8. The van der Waals surface area contributed by atoms with Crippen molar-refractivity contribution in [3.8, 4) is 0 Å². The van der Waals surface area contributed by atoms with Gasteiger partial charge in [-0.2, -0.15) is 0 Å². The summed E-state index contributed by atoms with van der Waals surface area (Å²) in [7, 11) is 0. The van der Waals surface area contributed by atoms with Crippen molar-refractivity contribution >= 4 is 147 Å². The minimum absolute atomic E-state index is 0.0331. The Labute approximate surface area is 281 Å². The van der Waals surface area contributed by atoms with Crippen molar-refractivity contribution in [1.29, 1.82) is 0 Å². The highest BCUT2D eigenvalue weighted by molar-refractivity contribution is 14.1. The third-order valence-corrected chi connectivity index (χ3v) is 12.9. The van der Waals surface area contributed by atoms with Gasteiger partial charge in [-0.05, 0) is 160 Å². The standard InChI is InChI=1S/C22H20I6N2O4/c23-12-9-14(19(27)17(26)10-12)21(31)34-13(3-6-30-7-4-29-5-8-30)11-33-22(32)18-15(24)1-2-16(25)20(18)28/h1-2,9-10,13,29H,3-8,11H2/p+1. The Kier molecular flexibility index (Phi) is 13.1. The van der Waals surface area contributed by atoms with E-state index in [1.54, 1.807) is 0 Å². The second kappa shape index (κ2) is 14.7. The molecule has 2 aromatic rings. The van der Waals surface area contributed by atoms with E-state index in [2.05, 4.69) is 141 Å². The molecule has 2 aromatic carbocycles. The minimum atomic E-state index is -0.511. The first-order valence-corrected chi connectivity index (χ1v) is 16.8. The van der Waals surface area contributed by atoms with Crippen LogP contribution in [0.3, 0.4) is 0 Å². The number of benzene rings is 2. The SMILES string of the molecule is O=C(OC(CC[NH+]1CCNCC1)COC(=O)c1c(I)ccc(I)c1I)c1cc(I)cc(I)c1I. The van der Waals surface area contributed by atoms with Crippen molar-refractivity contribution in [1.82, 2.24) is 5.32 Å². The van der Waals surface area contributed by atoms with Gasteiger partial charge >= 0.3 is 11.9 Å². The summed E-state index contributed by atoms with van der Waals surface area (Å²) in [6, 6.07) is 7.75. The van der Waals surface area contributed by atoms with Crippen molar-refractivity contribution < 1.29 is 24.0 Å². The molecule has 0 amide bonds. The lowest BCUT2D eigenvalue weighted by Crippen LogP contribution is -3.14. The van der Waals surface area contributed by atoms with E-state index in [1.807, 2.05) is 24.3 Å². The highest BCUT2D eigenvalue weighted by Gasteiger charge is 2.25. The topological polar surface area (TPSA) is 69.1 Å². The number of quaternary nitrogens is 1. The Bertz CT molecular complexity index is 1060. The summed E-state index contributed by atoms with van der Waals surface area (Å²) in [4.78, 5) is 27.5. The monoisotopic (exact) mass is 1140 g/mol. The third kappa shape index (κ3) is 8.60. The summed E-state index contributed by atoms with van der Waals surface area (Å²) in [6.07, 6.45) is 0.121. The number of halogens is 6. The Hall–Kier alpha value is 1.68. The van der Waals surface area contributed by atoms with Crippen LogP contribution in [0.1, 0.15) is 27.1 Å². The fourth-order valence-electron chi connectivity index (χ4n) is 3.45. The molecule has 3 rings (SSSR count). The highest BCUT2D eigenvalue weighted by Crippen LogP contribution is 2.26. The summed E-state index contributed by atoms with van der Waals surface area (Å²) in [6.45, 7) is 4.93. The summed E-state index contributed by atoms with van der Waals surface area (Å²) in [5.41, 5.74) is 1.11. The van der Waals surface area contributed by atoms with Crippen LogP contribution in [0.2, 0.25) is 0 Å². The van der Waals surface area contributed by atoms with Crippen molar-refractivity contribution in [3.05, 3.63) is 56.8 Å². The van der Waals surface area contributed by atoms with E-state index in [0.29, 0.717) is 17.5 Å². The zero-order valence-electron chi connectivity index (χ0n) is 17.7. The van der Waals surface area contributed by atoms with Gasteiger partial charge in [0.15, 0.2) is 0 Å². The largest absolute Gasteiger partial charge is 0.458 e. The molecule has 0 spiro atoms. The lowest BCUT2D eigenvalue weighted by atomic mass is 10.2. The normalized spacial score (nSPS) is 15.1. The molecule has 1 aliphatic rings. The van der Waals surface area contributed by atoms with Gasteiger partial charge in [-0.1, -0.05) is 0 Å². The minimum Gasteiger partial charge on any atom is -0.458 e. The number of ether oxygens (including phenoxy) is 2. The summed E-state index contributed by atoms with van der Waals surface area (Å²) in [5, 5.41) is 3.37. The molecule has 34 heavy (non-hydrogen) atoms. The molecule has 1 unspecified atom stereocenters. The van der Waals surface area contributed by atoms with Gasteiger partial charge < -0.3 is 19.7 Å². The number of esters is 2. The van der Waals surface area contributed by atoms with Gasteiger partial charge in [0.25, 0.3) is 0 Å². The first-order valence-electron chi connectivity index (χ1n) is 10.4. The number of hydrogen-bond donors (Lipinski definition) is 2. The maximum Gasteiger partial charge on any atom is 0.340 e. The molecule has 1 atom stereocenters. The molecule has 1 aliphatic heterocycles. The molecule has 184 valence electrons. The molecule has 1 fully saturated rings. The molecule has 0 bridgehead atoms.